The van der Waals surface area contributed by atoms with Gasteiger partial charge in [0.2, 0.25) is 0 Å². The third-order valence-electron chi connectivity index (χ3n) is 5.14. The van der Waals surface area contributed by atoms with Crippen LogP contribution in [0.4, 0.5) is 17.1 Å². The Balaban J connectivity index is 1.52. The van der Waals surface area contributed by atoms with Crippen LogP contribution in [0.3, 0.4) is 0 Å². The second-order valence-electron chi connectivity index (χ2n) is 7.67. The number of amides is 1. The molecule has 0 aliphatic carbocycles. The second kappa shape index (κ2) is 9.01. The minimum atomic E-state index is -0.444. The number of carbonyl (C=O) groups is 1. The van der Waals surface area contributed by atoms with E-state index in [1.54, 1.807) is 36.4 Å². The Morgan fingerprint density at radius 2 is 1.78 bits per heavy atom. The van der Waals surface area contributed by atoms with E-state index in [1.165, 1.54) is 6.07 Å². The molecule has 3 aromatic rings. The van der Waals surface area contributed by atoms with E-state index < -0.39 is 10.8 Å². The molecule has 1 amide bonds. The van der Waals surface area contributed by atoms with Crippen molar-refractivity contribution >= 4 is 23.0 Å². The summed E-state index contributed by atoms with van der Waals surface area (Å²) in [4.78, 5) is 34.4. The lowest BCUT2D eigenvalue weighted by Gasteiger charge is -2.17. The van der Waals surface area contributed by atoms with Gasteiger partial charge in [0.15, 0.2) is 0 Å². The quantitative estimate of drug-likeness (QED) is 0.445. The van der Waals surface area contributed by atoms with Gasteiger partial charge in [-0.15, -0.1) is 0 Å². The van der Waals surface area contributed by atoms with E-state index in [2.05, 4.69) is 15.3 Å². The smallest absolute Gasteiger partial charge is 0.322 e. The number of nitro benzene ring substituents is 1. The molecule has 32 heavy (non-hydrogen) atoms. The molecule has 1 aromatic heterocycles. The number of ether oxygens (including phenoxy) is 1. The second-order valence-corrected chi connectivity index (χ2v) is 7.67. The molecule has 1 aliphatic rings. The van der Waals surface area contributed by atoms with Gasteiger partial charge >= 0.3 is 6.01 Å². The lowest BCUT2D eigenvalue weighted by atomic mass is 10.1. The molecule has 0 bridgehead atoms. The van der Waals surface area contributed by atoms with E-state index in [-0.39, 0.29) is 17.3 Å². The summed E-state index contributed by atoms with van der Waals surface area (Å²) in [6, 6.07) is 13.5. The van der Waals surface area contributed by atoms with Crippen LogP contribution in [0.2, 0.25) is 0 Å². The third-order valence-corrected chi connectivity index (χ3v) is 5.14. The average molecular weight is 433 g/mol. The van der Waals surface area contributed by atoms with E-state index >= 15 is 0 Å². The summed E-state index contributed by atoms with van der Waals surface area (Å²) in [5.41, 5.74) is 2.76. The Morgan fingerprint density at radius 1 is 1.06 bits per heavy atom. The zero-order valence-electron chi connectivity index (χ0n) is 17.9. The molecule has 0 atom stereocenters. The van der Waals surface area contributed by atoms with Crippen molar-refractivity contribution in [2.75, 3.05) is 23.3 Å². The van der Waals surface area contributed by atoms with Crippen LogP contribution in [0.25, 0.3) is 0 Å². The first-order chi connectivity index (χ1) is 15.4. The number of anilines is 2. The van der Waals surface area contributed by atoms with E-state index in [4.69, 9.17) is 4.74 Å². The molecular weight excluding hydrogens is 410 g/mol. The van der Waals surface area contributed by atoms with Gasteiger partial charge in [-0.05, 0) is 57.0 Å². The number of aryl methyl sites for hydroxylation is 2. The standard InChI is InChI=1S/C23H23N5O4/c1-15-12-16(2)25-23(24-15)32-19-7-5-6-18(14-19)26-22(29)17-8-9-20(21(13-17)28(30)31)27-10-3-4-11-27/h5-9,12-14H,3-4,10-11H2,1-2H3,(H,26,29). The first-order valence-corrected chi connectivity index (χ1v) is 10.3. The van der Waals surface area contributed by atoms with Crippen LogP contribution in [-0.4, -0.2) is 33.9 Å². The Labute approximate surface area is 185 Å². The van der Waals surface area contributed by atoms with Crippen molar-refractivity contribution in [1.82, 2.24) is 9.97 Å². The van der Waals surface area contributed by atoms with Crippen molar-refractivity contribution in [2.45, 2.75) is 26.7 Å². The molecule has 9 heteroatoms. The highest BCUT2D eigenvalue weighted by Gasteiger charge is 2.24. The van der Waals surface area contributed by atoms with Crippen LogP contribution in [0, 0.1) is 24.0 Å². The molecule has 2 heterocycles. The highest BCUT2D eigenvalue weighted by molar-refractivity contribution is 6.05. The normalized spacial score (nSPS) is 13.1. The number of hydrogen-bond acceptors (Lipinski definition) is 7. The number of benzene rings is 2. The Hall–Kier alpha value is -4.01. The maximum Gasteiger partial charge on any atom is 0.322 e. The monoisotopic (exact) mass is 433 g/mol. The van der Waals surface area contributed by atoms with Gasteiger partial charge in [0.1, 0.15) is 11.4 Å². The van der Waals surface area contributed by atoms with Crippen molar-refractivity contribution in [2.24, 2.45) is 0 Å². The van der Waals surface area contributed by atoms with Gasteiger partial charge in [-0.25, -0.2) is 9.97 Å². The first-order valence-electron chi connectivity index (χ1n) is 10.3. The molecular formula is C23H23N5O4. The van der Waals surface area contributed by atoms with Crippen molar-refractivity contribution in [3.63, 3.8) is 0 Å². The molecule has 2 aromatic carbocycles. The van der Waals surface area contributed by atoms with Gasteiger partial charge in [0, 0.05) is 47.9 Å². The Bertz CT molecular complexity index is 1150. The molecule has 9 nitrogen and oxygen atoms in total. The van der Waals surface area contributed by atoms with E-state index in [0.29, 0.717) is 17.1 Å². The first kappa shape index (κ1) is 21.2. The fourth-order valence-corrected chi connectivity index (χ4v) is 3.72. The van der Waals surface area contributed by atoms with Crippen LogP contribution in [0.1, 0.15) is 34.6 Å². The molecule has 0 unspecified atom stereocenters. The maximum atomic E-state index is 12.8. The van der Waals surface area contributed by atoms with Crippen molar-refractivity contribution in [3.05, 3.63) is 75.6 Å². The highest BCUT2D eigenvalue weighted by atomic mass is 16.6. The van der Waals surface area contributed by atoms with E-state index in [1.807, 2.05) is 24.8 Å². The van der Waals surface area contributed by atoms with Gasteiger partial charge < -0.3 is 15.0 Å². The number of hydrogen-bond donors (Lipinski definition) is 1. The summed E-state index contributed by atoms with van der Waals surface area (Å²) in [6.45, 7) is 5.27. The van der Waals surface area contributed by atoms with E-state index in [0.717, 1.165) is 37.3 Å². The fourth-order valence-electron chi connectivity index (χ4n) is 3.72. The van der Waals surface area contributed by atoms with Crippen molar-refractivity contribution < 1.29 is 14.5 Å². The molecule has 0 radical (unpaired) electrons. The molecule has 0 saturated carbocycles. The predicted molar refractivity (Wildman–Crippen MR) is 121 cm³/mol. The zero-order valence-corrected chi connectivity index (χ0v) is 17.9. The molecule has 0 spiro atoms. The number of nitro groups is 1. The fraction of sp³-hybridized carbons (Fsp3) is 0.261. The molecule has 1 saturated heterocycles. The lowest BCUT2D eigenvalue weighted by Crippen LogP contribution is -2.19. The van der Waals surface area contributed by atoms with Crippen LogP contribution < -0.4 is 15.0 Å². The summed E-state index contributed by atoms with van der Waals surface area (Å²) in [7, 11) is 0. The number of rotatable bonds is 6. The largest absolute Gasteiger partial charge is 0.424 e. The average Bonchev–Trinajstić information content (AvgIpc) is 3.27. The maximum absolute atomic E-state index is 12.8. The lowest BCUT2D eigenvalue weighted by molar-refractivity contribution is -0.384. The van der Waals surface area contributed by atoms with Crippen LogP contribution >= 0.6 is 0 Å². The van der Waals surface area contributed by atoms with Gasteiger partial charge in [-0.1, -0.05) is 6.07 Å². The minimum absolute atomic E-state index is 0.0661. The molecule has 1 N–H and O–H groups in total. The van der Waals surface area contributed by atoms with Gasteiger partial charge in [0.25, 0.3) is 11.6 Å². The van der Waals surface area contributed by atoms with Crippen LogP contribution in [0.5, 0.6) is 11.8 Å². The van der Waals surface area contributed by atoms with Crippen LogP contribution in [0.15, 0.2) is 48.5 Å². The Morgan fingerprint density at radius 3 is 2.47 bits per heavy atom. The number of nitrogens with zero attached hydrogens (tertiary/aromatic N) is 4. The number of aromatic nitrogens is 2. The van der Waals surface area contributed by atoms with Gasteiger partial charge in [-0.3, -0.25) is 14.9 Å². The summed E-state index contributed by atoms with van der Waals surface area (Å²) in [5.74, 6) is 0.0176. The highest BCUT2D eigenvalue weighted by Crippen LogP contribution is 2.32. The number of nitrogens with one attached hydrogen (secondary N) is 1. The van der Waals surface area contributed by atoms with Crippen molar-refractivity contribution in [3.8, 4) is 11.8 Å². The van der Waals surface area contributed by atoms with E-state index in [9.17, 15) is 14.9 Å². The van der Waals surface area contributed by atoms with Crippen molar-refractivity contribution in [1.29, 1.82) is 0 Å². The molecule has 1 aliphatic heterocycles. The molecule has 164 valence electrons. The Kier molecular flexibility index (Phi) is 5.98. The zero-order chi connectivity index (χ0) is 22.7. The summed E-state index contributed by atoms with van der Waals surface area (Å²) < 4.78 is 5.72. The predicted octanol–water partition coefficient (Wildman–Crippen LogP) is 4.65. The molecule has 1 fully saturated rings. The topological polar surface area (TPSA) is 110 Å². The minimum Gasteiger partial charge on any atom is -0.424 e. The SMILES string of the molecule is Cc1cc(C)nc(Oc2cccc(NC(=O)c3ccc(N4CCCC4)c([N+](=O)[O-])c3)c2)n1. The third kappa shape index (κ3) is 4.83. The number of carbonyl (C=O) groups excluding carboxylic acids is 1. The summed E-state index contributed by atoms with van der Waals surface area (Å²) >= 11 is 0. The molecule has 4 rings (SSSR count). The summed E-state index contributed by atoms with van der Waals surface area (Å²) in [5, 5.41) is 14.4. The summed E-state index contributed by atoms with van der Waals surface area (Å²) in [6.07, 6.45) is 2.01. The van der Waals surface area contributed by atoms with Crippen LogP contribution in [-0.2, 0) is 0 Å². The van der Waals surface area contributed by atoms with Gasteiger partial charge in [-0.2, -0.15) is 0 Å². The van der Waals surface area contributed by atoms with Gasteiger partial charge in [0.05, 0.1) is 4.92 Å².